The molecule has 1 N–H and O–H groups in total. The Morgan fingerprint density at radius 2 is 1.57 bits per heavy atom. The van der Waals surface area contributed by atoms with E-state index in [2.05, 4.69) is 20.8 Å². The molecule has 1 rings (SSSR count). The Balaban J connectivity index is 3.18. The smallest absolute Gasteiger partial charge is 0.411 e. The molecule has 0 spiro atoms. The first-order valence-corrected chi connectivity index (χ1v) is 17.1. The second kappa shape index (κ2) is 15.9. The zero-order valence-electron chi connectivity index (χ0n) is 25.0. The SMILES string of the molecule is CCCC[Si](CCCC)(CCCC)OC/C(C)=C/C[C@]1(C(=O)OCC)[C@@H](O)CCN1C(=O)OC(C)(C)C. The highest BCUT2D eigenvalue weighted by Crippen LogP contribution is 2.37. The Kier molecular flexibility index (Phi) is 14.4. The van der Waals surface area contributed by atoms with Crippen LogP contribution in [-0.2, 0) is 18.7 Å². The van der Waals surface area contributed by atoms with Crippen LogP contribution in [0.25, 0.3) is 0 Å². The number of nitrogens with zero attached hydrogens (tertiary/aromatic N) is 1. The molecule has 0 bridgehead atoms. The van der Waals surface area contributed by atoms with E-state index in [1.807, 2.05) is 13.0 Å². The van der Waals surface area contributed by atoms with Gasteiger partial charge in [-0.1, -0.05) is 70.9 Å². The zero-order valence-corrected chi connectivity index (χ0v) is 26.0. The minimum atomic E-state index is -1.87. The number of esters is 1. The second-order valence-electron chi connectivity index (χ2n) is 11.6. The van der Waals surface area contributed by atoms with Crippen molar-refractivity contribution in [3.63, 3.8) is 0 Å². The van der Waals surface area contributed by atoms with Gasteiger partial charge >= 0.3 is 12.1 Å². The first kappa shape index (κ1) is 33.6. The van der Waals surface area contributed by atoms with Crippen molar-refractivity contribution in [2.75, 3.05) is 19.8 Å². The van der Waals surface area contributed by atoms with Crippen LogP contribution in [0, 0.1) is 0 Å². The summed E-state index contributed by atoms with van der Waals surface area (Å²) < 4.78 is 17.8. The van der Waals surface area contributed by atoms with Gasteiger partial charge in [0.2, 0.25) is 0 Å². The maximum Gasteiger partial charge on any atom is 0.411 e. The van der Waals surface area contributed by atoms with Gasteiger partial charge in [-0.3, -0.25) is 4.90 Å². The third-order valence-electron chi connectivity index (χ3n) is 7.23. The third kappa shape index (κ3) is 10.0. The van der Waals surface area contributed by atoms with E-state index in [1.165, 1.54) is 61.6 Å². The number of ether oxygens (including phenoxy) is 2. The normalized spacial score (nSPS) is 20.8. The molecule has 1 heterocycles. The fraction of sp³-hybridized carbons (Fsp3) is 0.862. The monoisotopic (exact) mass is 541 g/mol. The van der Waals surface area contributed by atoms with Crippen LogP contribution in [0.3, 0.4) is 0 Å². The highest BCUT2D eigenvalue weighted by Gasteiger charge is 2.57. The number of aliphatic hydroxyl groups is 1. The second-order valence-corrected chi connectivity index (χ2v) is 15.8. The highest BCUT2D eigenvalue weighted by molar-refractivity contribution is 6.73. The molecule has 2 atom stereocenters. The van der Waals surface area contributed by atoms with Crippen molar-refractivity contribution >= 4 is 20.4 Å². The van der Waals surface area contributed by atoms with Crippen molar-refractivity contribution in [1.82, 2.24) is 4.90 Å². The largest absolute Gasteiger partial charge is 0.464 e. The Bertz CT molecular complexity index is 713. The summed E-state index contributed by atoms with van der Waals surface area (Å²) in [5, 5.41) is 11.0. The Morgan fingerprint density at radius 3 is 2.03 bits per heavy atom. The fourth-order valence-corrected chi connectivity index (χ4v) is 9.73. The lowest BCUT2D eigenvalue weighted by atomic mass is 9.88. The van der Waals surface area contributed by atoms with E-state index in [4.69, 9.17) is 13.9 Å². The van der Waals surface area contributed by atoms with Crippen LogP contribution in [0.4, 0.5) is 4.79 Å². The summed E-state index contributed by atoms with van der Waals surface area (Å²) in [4.78, 5) is 27.7. The van der Waals surface area contributed by atoms with Gasteiger partial charge in [0.25, 0.3) is 0 Å². The standard InChI is InChI=1S/C29H55NO6Si/c1-9-13-20-37(21-14-10-2,22-15-11-3)35-23-24(5)16-18-29(26(32)34-12-4)25(31)17-19-30(29)27(33)36-28(6,7)8/h16,25,31H,9-15,17-23H2,1-8H3/b24-16+/t25-,29+/m0/s1. The molecule has 0 aromatic carbocycles. The Hall–Kier alpha value is -1.38. The number of unbranched alkanes of at least 4 members (excludes halogenated alkanes) is 3. The number of amides is 1. The molecule has 0 aromatic heterocycles. The molecular formula is C29H55NO6Si. The topological polar surface area (TPSA) is 85.3 Å². The van der Waals surface area contributed by atoms with Crippen LogP contribution in [0.15, 0.2) is 11.6 Å². The number of carbonyl (C=O) groups excluding carboxylic acids is 2. The molecule has 216 valence electrons. The molecule has 0 aromatic rings. The lowest BCUT2D eigenvalue weighted by Crippen LogP contribution is -2.59. The number of rotatable bonds is 16. The van der Waals surface area contributed by atoms with Gasteiger partial charge in [0.1, 0.15) is 5.60 Å². The average Bonchev–Trinajstić information content (AvgIpc) is 3.18. The maximum atomic E-state index is 13.3. The lowest BCUT2D eigenvalue weighted by molar-refractivity contribution is -0.161. The molecule has 1 fully saturated rings. The zero-order chi connectivity index (χ0) is 28.1. The molecule has 0 unspecified atom stereocenters. The van der Waals surface area contributed by atoms with Gasteiger partial charge in [-0.05, 0) is 59.2 Å². The molecule has 37 heavy (non-hydrogen) atoms. The number of likely N-dealkylation sites (tertiary alicyclic amines) is 1. The fourth-order valence-electron chi connectivity index (χ4n) is 5.02. The van der Waals surface area contributed by atoms with Gasteiger partial charge in [-0.2, -0.15) is 0 Å². The van der Waals surface area contributed by atoms with Crippen LogP contribution in [-0.4, -0.2) is 67.4 Å². The van der Waals surface area contributed by atoms with Crippen LogP contribution >= 0.6 is 0 Å². The minimum Gasteiger partial charge on any atom is -0.464 e. The highest BCUT2D eigenvalue weighted by atomic mass is 28.4. The molecule has 1 saturated heterocycles. The molecule has 0 aliphatic carbocycles. The first-order chi connectivity index (χ1) is 17.4. The molecular weight excluding hydrogens is 486 g/mol. The molecule has 1 amide bonds. The molecule has 0 saturated carbocycles. The van der Waals surface area contributed by atoms with Crippen molar-refractivity contribution in [1.29, 1.82) is 0 Å². The summed E-state index contributed by atoms with van der Waals surface area (Å²) in [5.41, 5.74) is -1.21. The van der Waals surface area contributed by atoms with E-state index in [0.29, 0.717) is 13.0 Å². The molecule has 0 radical (unpaired) electrons. The first-order valence-electron chi connectivity index (χ1n) is 14.6. The van der Waals surface area contributed by atoms with Crippen LogP contribution in [0.5, 0.6) is 0 Å². The third-order valence-corrected chi connectivity index (χ3v) is 11.8. The van der Waals surface area contributed by atoms with Gasteiger partial charge < -0.3 is 19.0 Å². The van der Waals surface area contributed by atoms with Gasteiger partial charge in [-0.25, -0.2) is 9.59 Å². The summed E-state index contributed by atoms with van der Waals surface area (Å²) >= 11 is 0. The summed E-state index contributed by atoms with van der Waals surface area (Å²) in [5.74, 6) is -0.589. The van der Waals surface area contributed by atoms with Gasteiger partial charge in [-0.15, -0.1) is 0 Å². The van der Waals surface area contributed by atoms with Crippen molar-refractivity contribution in [3.05, 3.63) is 11.6 Å². The van der Waals surface area contributed by atoms with Crippen LogP contribution in [0.2, 0.25) is 18.1 Å². The van der Waals surface area contributed by atoms with E-state index >= 15 is 0 Å². The predicted molar refractivity (Wildman–Crippen MR) is 152 cm³/mol. The molecule has 1 aliphatic heterocycles. The van der Waals surface area contributed by atoms with E-state index in [0.717, 1.165) is 5.57 Å². The number of aliphatic hydroxyl groups excluding tert-OH is 1. The van der Waals surface area contributed by atoms with E-state index < -0.39 is 37.6 Å². The molecule has 7 nitrogen and oxygen atoms in total. The van der Waals surface area contributed by atoms with Crippen LogP contribution in [0.1, 0.15) is 107 Å². The van der Waals surface area contributed by atoms with Gasteiger partial charge in [0, 0.05) is 13.0 Å². The van der Waals surface area contributed by atoms with Crippen molar-refractivity contribution < 1.29 is 28.6 Å². The number of hydrogen-bond donors (Lipinski definition) is 1. The van der Waals surface area contributed by atoms with Gasteiger partial charge in [0.05, 0.1) is 19.3 Å². The molecule has 8 heteroatoms. The van der Waals surface area contributed by atoms with E-state index in [1.54, 1.807) is 27.7 Å². The van der Waals surface area contributed by atoms with E-state index in [-0.39, 0.29) is 19.6 Å². The van der Waals surface area contributed by atoms with Crippen LogP contribution < -0.4 is 0 Å². The minimum absolute atomic E-state index is 0.162. The van der Waals surface area contributed by atoms with Crippen molar-refractivity contribution in [2.45, 2.75) is 142 Å². The van der Waals surface area contributed by atoms with Crippen molar-refractivity contribution in [3.8, 4) is 0 Å². The summed E-state index contributed by atoms with van der Waals surface area (Å²) in [7, 11) is -1.87. The van der Waals surface area contributed by atoms with E-state index in [9.17, 15) is 14.7 Å². The Labute approximate surface area is 227 Å². The Morgan fingerprint density at radius 1 is 1.03 bits per heavy atom. The lowest BCUT2D eigenvalue weighted by Gasteiger charge is -2.38. The summed E-state index contributed by atoms with van der Waals surface area (Å²) in [6.45, 7) is 16.7. The number of carbonyl (C=O) groups is 2. The number of hydrogen-bond acceptors (Lipinski definition) is 6. The van der Waals surface area contributed by atoms with Gasteiger partial charge in [0.15, 0.2) is 13.9 Å². The quantitative estimate of drug-likeness (QED) is 0.129. The average molecular weight is 542 g/mol. The summed E-state index contributed by atoms with van der Waals surface area (Å²) in [6.07, 6.45) is 7.88. The maximum absolute atomic E-state index is 13.3. The summed E-state index contributed by atoms with van der Waals surface area (Å²) in [6, 6.07) is 3.57. The predicted octanol–water partition coefficient (Wildman–Crippen LogP) is 6.99. The molecule has 1 aliphatic rings. The van der Waals surface area contributed by atoms with Crippen molar-refractivity contribution in [2.24, 2.45) is 0 Å².